The van der Waals surface area contributed by atoms with Crippen molar-refractivity contribution in [3.05, 3.63) is 47.8 Å². The molecule has 1 aromatic heterocycles. The highest BCUT2D eigenvalue weighted by atomic mass is 16.5. The fourth-order valence-corrected chi connectivity index (χ4v) is 3.87. The summed E-state index contributed by atoms with van der Waals surface area (Å²) in [6.07, 6.45) is 7.59. The summed E-state index contributed by atoms with van der Waals surface area (Å²) < 4.78 is 11.5. The predicted octanol–water partition coefficient (Wildman–Crippen LogP) is 3.24. The van der Waals surface area contributed by atoms with Crippen molar-refractivity contribution >= 4 is 11.6 Å². The maximum absolute atomic E-state index is 12.9. The Bertz CT molecular complexity index is 843. The van der Waals surface area contributed by atoms with E-state index in [1.54, 1.807) is 44.5 Å². The monoisotopic (exact) mass is 354 g/mol. The summed E-state index contributed by atoms with van der Waals surface area (Å²) in [6.45, 7) is 1.61. The quantitative estimate of drug-likeness (QED) is 0.913. The molecule has 1 amide bonds. The summed E-state index contributed by atoms with van der Waals surface area (Å²) in [5.74, 6) is 0.927. The van der Waals surface area contributed by atoms with Crippen molar-refractivity contribution in [2.24, 2.45) is 0 Å². The Balaban J connectivity index is 1.73. The number of anilines is 1. The fraction of sp³-hybridized carbons (Fsp3) is 0.400. The van der Waals surface area contributed by atoms with E-state index in [0.29, 0.717) is 28.3 Å². The van der Waals surface area contributed by atoms with Crippen molar-refractivity contribution < 1.29 is 19.4 Å². The summed E-state index contributed by atoms with van der Waals surface area (Å²) in [7, 11) is 1.59. The molecule has 1 aliphatic heterocycles. The highest BCUT2D eigenvalue weighted by molar-refractivity contribution is 6.11. The van der Waals surface area contributed by atoms with E-state index in [1.165, 1.54) is 11.1 Å². The van der Waals surface area contributed by atoms with Crippen LogP contribution < -0.4 is 14.4 Å². The third kappa shape index (κ3) is 2.61. The van der Waals surface area contributed by atoms with Gasteiger partial charge in [0.25, 0.3) is 5.91 Å². The summed E-state index contributed by atoms with van der Waals surface area (Å²) in [4.78, 5) is 18.3. The fourth-order valence-electron chi connectivity index (χ4n) is 3.87. The summed E-state index contributed by atoms with van der Waals surface area (Å²) in [5, 5.41) is 11.0. The van der Waals surface area contributed by atoms with Gasteiger partial charge in [-0.25, -0.2) is 0 Å². The first-order valence-electron chi connectivity index (χ1n) is 8.88. The van der Waals surface area contributed by atoms with Crippen LogP contribution in [-0.2, 0) is 5.72 Å². The van der Waals surface area contributed by atoms with Crippen molar-refractivity contribution in [2.45, 2.75) is 44.4 Å². The average Bonchev–Trinajstić information content (AvgIpc) is 3.21. The van der Waals surface area contributed by atoms with Gasteiger partial charge in [-0.05, 0) is 50.8 Å². The summed E-state index contributed by atoms with van der Waals surface area (Å²) in [5.41, 5.74) is 0.0670. The Morgan fingerprint density at radius 2 is 2.00 bits per heavy atom. The van der Waals surface area contributed by atoms with Gasteiger partial charge in [-0.3, -0.25) is 14.7 Å². The van der Waals surface area contributed by atoms with Gasteiger partial charge in [0, 0.05) is 24.0 Å². The van der Waals surface area contributed by atoms with Crippen LogP contribution in [0.1, 0.15) is 48.5 Å². The lowest BCUT2D eigenvalue weighted by Crippen LogP contribution is -2.41. The lowest BCUT2D eigenvalue weighted by molar-refractivity contribution is 0.0554. The molecule has 1 saturated carbocycles. The second-order valence-corrected chi connectivity index (χ2v) is 6.94. The molecular weight excluding hydrogens is 332 g/mol. The average molecular weight is 354 g/mol. The Kier molecular flexibility index (Phi) is 4.07. The first kappa shape index (κ1) is 16.8. The number of rotatable bonds is 4. The molecule has 4 rings (SSSR count). The zero-order valence-corrected chi connectivity index (χ0v) is 14.9. The molecule has 0 spiro atoms. The minimum atomic E-state index is -1.45. The number of carbonyl (C=O) groups is 1. The summed E-state index contributed by atoms with van der Waals surface area (Å²) >= 11 is 0. The molecule has 1 unspecified atom stereocenters. The molecule has 1 N–H and O–H groups in total. The molecule has 0 saturated heterocycles. The van der Waals surface area contributed by atoms with Crippen LogP contribution in [0.2, 0.25) is 0 Å². The first-order valence-corrected chi connectivity index (χ1v) is 8.88. The second kappa shape index (κ2) is 6.29. The van der Waals surface area contributed by atoms with Gasteiger partial charge in [-0.15, -0.1) is 0 Å². The maximum atomic E-state index is 12.9. The molecule has 6 heteroatoms. The van der Waals surface area contributed by atoms with Gasteiger partial charge in [-0.1, -0.05) is 0 Å². The van der Waals surface area contributed by atoms with Crippen LogP contribution in [0.3, 0.4) is 0 Å². The number of methoxy groups -OCH3 is 1. The number of aromatic nitrogens is 1. The van der Waals surface area contributed by atoms with Crippen molar-refractivity contribution in [3.63, 3.8) is 0 Å². The van der Waals surface area contributed by atoms with Gasteiger partial charge in [0.1, 0.15) is 0 Å². The van der Waals surface area contributed by atoms with E-state index >= 15 is 0 Å². The van der Waals surface area contributed by atoms with E-state index in [1.807, 2.05) is 0 Å². The summed E-state index contributed by atoms with van der Waals surface area (Å²) in [6, 6.07) is 6.96. The van der Waals surface area contributed by atoms with E-state index in [4.69, 9.17) is 9.47 Å². The van der Waals surface area contributed by atoms with Gasteiger partial charge in [0.2, 0.25) is 0 Å². The van der Waals surface area contributed by atoms with E-state index in [0.717, 1.165) is 25.7 Å². The van der Waals surface area contributed by atoms with Gasteiger partial charge >= 0.3 is 0 Å². The molecule has 1 aliphatic carbocycles. The molecule has 2 aliphatic rings. The van der Waals surface area contributed by atoms with Crippen LogP contribution in [0.25, 0.3) is 0 Å². The minimum Gasteiger partial charge on any atom is -0.493 e. The number of amides is 1. The molecule has 0 bridgehead atoms. The molecule has 6 nitrogen and oxygen atoms in total. The topological polar surface area (TPSA) is 71.9 Å². The number of carbonyl (C=O) groups excluding carboxylic acids is 1. The highest BCUT2D eigenvalue weighted by Gasteiger charge is 2.46. The van der Waals surface area contributed by atoms with Gasteiger partial charge in [0.15, 0.2) is 17.2 Å². The van der Waals surface area contributed by atoms with Crippen molar-refractivity contribution in [1.29, 1.82) is 0 Å². The zero-order chi connectivity index (χ0) is 18.3. The number of benzene rings is 1. The Morgan fingerprint density at radius 1 is 1.23 bits per heavy atom. The largest absolute Gasteiger partial charge is 0.493 e. The van der Waals surface area contributed by atoms with Crippen LogP contribution in [-0.4, -0.2) is 29.2 Å². The number of fused-ring (bicyclic) bond motifs is 1. The molecular formula is C20H22N2O4. The van der Waals surface area contributed by atoms with Crippen molar-refractivity contribution in [1.82, 2.24) is 4.98 Å². The van der Waals surface area contributed by atoms with E-state index in [2.05, 4.69) is 4.98 Å². The Morgan fingerprint density at radius 3 is 2.69 bits per heavy atom. The Labute approximate surface area is 152 Å². The molecule has 1 atom stereocenters. The molecule has 1 aromatic carbocycles. The number of aliphatic hydroxyl groups is 1. The standard InChI is InChI=1S/C20H22N2O4/c1-20(24)16-9-10-21-12-15(16)19(23)22(20)13-7-8-17(25-2)18(11-13)26-14-5-3-4-6-14/h7-12,14,24H,3-6H2,1-2H3. The van der Waals surface area contributed by atoms with Gasteiger partial charge in [0.05, 0.1) is 24.5 Å². The van der Waals surface area contributed by atoms with Crippen molar-refractivity contribution in [2.75, 3.05) is 12.0 Å². The molecule has 26 heavy (non-hydrogen) atoms. The van der Waals surface area contributed by atoms with Crippen LogP contribution in [0, 0.1) is 0 Å². The SMILES string of the molecule is COc1ccc(N2C(=O)c3cnccc3C2(C)O)cc1OC1CCCC1. The van der Waals surface area contributed by atoms with Crippen LogP contribution in [0.5, 0.6) is 11.5 Å². The normalized spacial score (nSPS) is 22.6. The highest BCUT2D eigenvalue weighted by Crippen LogP contribution is 2.43. The number of pyridine rings is 1. The maximum Gasteiger partial charge on any atom is 0.262 e. The lowest BCUT2D eigenvalue weighted by atomic mass is 10.1. The molecule has 0 radical (unpaired) electrons. The predicted molar refractivity (Wildman–Crippen MR) is 96.5 cm³/mol. The van der Waals surface area contributed by atoms with Gasteiger partial charge < -0.3 is 14.6 Å². The van der Waals surface area contributed by atoms with Crippen LogP contribution in [0.15, 0.2) is 36.7 Å². The molecule has 136 valence electrons. The number of ether oxygens (including phenoxy) is 2. The first-order chi connectivity index (χ1) is 12.5. The molecule has 2 heterocycles. The lowest BCUT2D eigenvalue weighted by Gasteiger charge is -2.31. The Hall–Kier alpha value is -2.60. The second-order valence-electron chi connectivity index (χ2n) is 6.94. The van der Waals surface area contributed by atoms with Crippen LogP contribution >= 0.6 is 0 Å². The number of nitrogens with zero attached hydrogens (tertiary/aromatic N) is 2. The number of hydrogen-bond acceptors (Lipinski definition) is 5. The minimum absolute atomic E-state index is 0.162. The van der Waals surface area contributed by atoms with E-state index in [-0.39, 0.29) is 12.0 Å². The number of hydrogen-bond donors (Lipinski definition) is 1. The zero-order valence-electron chi connectivity index (χ0n) is 14.9. The third-order valence-corrected chi connectivity index (χ3v) is 5.20. The third-order valence-electron chi connectivity index (χ3n) is 5.20. The smallest absolute Gasteiger partial charge is 0.262 e. The molecule has 1 fully saturated rings. The van der Waals surface area contributed by atoms with Crippen molar-refractivity contribution in [3.8, 4) is 11.5 Å². The van der Waals surface area contributed by atoms with E-state index < -0.39 is 5.72 Å². The van der Waals surface area contributed by atoms with Crippen LogP contribution in [0.4, 0.5) is 5.69 Å². The van der Waals surface area contributed by atoms with E-state index in [9.17, 15) is 9.90 Å². The van der Waals surface area contributed by atoms with Gasteiger partial charge in [-0.2, -0.15) is 0 Å². The molecule has 2 aromatic rings.